The topological polar surface area (TPSA) is 34.1 Å². The zero-order valence-corrected chi connectivity index (χ0v) is 9.12. The lowest BCUT2D eigenvalue weighted by Crippen LogP contribution is -2.13. The highest BCUT2D eigenvalue weighted by molar-refractivity contribution is 9.14. The third kappa shape index (κ3) is 2.25. The second kappa shape index (κ2) is 4.18. The molecule has 11 heavy (non-hydrogen) atoms. The van der Waals surface area contributed by atoms with Crippen LogP contribution in [0, 0.1) is 0 Å². The van der Waals surface area contributed by atoms with Gasteiger partial charge in [0.05, 0.1) is 4.48 Å². The van der Waals surface area contributed by atoms with Crippen molar-refractivity contribution in [2.75, 3.05) is 0 Å². The molecule has 0 spiro atoms. The van der Waals surface area contributed by atoms with E-state index < -0.39 is 11.6 Å². The van der Waals surface area contributed by atoms with E-state index in [1.807, 2.05) is 0 Å². The van der Waals surface area contributed by atoms with E-state index in [-0.39, 0.29) is 12.4 Å². The Morgan fingerprint density at radius 3 is 2.09 bits per heavy atom. The maximum Gasteiger partial charge on any atom is 0.240 e. The van der Waals surface area contributed by atoms with Crippen molar-refractivity contribution < 1.29 is 9.59 Å². The predicted molar refractivity (Wildman–Crippen MR) is 51.3 cm³/mol. The molecule has 0 saturated carbocycles. The summed E-state index contributed by atoms with van der Waals surface area (Å²) in [5, 5.41) is 0. The van der Waals surface area contributed by atoms with Gasteiger partial charge in [0.15, 0.2) is 0 Å². The van der Waals surface area contributed by atoms with Crippen LogP contribution in [0.5, 0.6) is 0 Å². The van der Waals surface area contributed by atoms with Crippen molar-refractivity contribution >= 4 is 55.8 Å². The van der Waals surface area contributed by atoms with Crippen LogP contribution in [0.15, 0.2) is 21.1 Å². The number of halogens is 3. The SMILES string of the molecule is Cl.O=C1C=CC(Br)=C(Br)C1=O. The average Bonchev–Trinajstić information content (AvgIpc) is 1.93. The summed E-state index contributed by atoms with van der Waals surface area (Å²) in [6.07, 6.45) is 2.77. The molecule has 1 aliphatic carbocycles. The molecule has 5 heteroatoms. The average molecular weight is 302 g/mol. The van der Waals surface area contributed by atoms with Gasteiger partial charge in [-0.2, -0.15) is 0 Å². The van der Waals surface area contributed by atoms with E-state index in [1.165, 1.54) is 12.2 Å². The van der Waals surface area contributed by atoms with Crippen molar-refractivity contribution in [1.82, 2.24) is 0 Å². The molecule has 0 bridgehead atoms. The zero-order chi connectivity index (χ0) is 7.72. The first kappa shape index (κ1) is 11.1. The van der Waals surface area contributed by atoms with Gasteiger partial charge in [0, 0.05) is 4.48 Å². The molecular weight excluding hydrogens is 299 g/mol. The summed E-state index contributed by atoms with van der Waals surface area (Å²) >= 11 is 6.06. The maximum atomic E-state index is 10.8. The summed E-state index contributed by atoms with van der Waals surface area (Å²) in [6.45, 7) is 0. The second-order valence-corrected chi connectivity index (χ2v) is 3.34. The Hall–Kier alpha value is 0.0700. The van der Waals surface area contributed by atoms with E-state index in [1.54, 1.807) is 0 Å². The van der Waals surface area contributed by atoms with Crippen LogP contribution in [0.25, 0.3) is 0 Å². The van der Waals surface area contributed by atoms with Crippen molar-refractivity contribution in [2.24, 2.45) is 0 Å². The second-order valence-electron chi connectivity index (χ2n) is 1.69. The summed E-state index contributed by atoms with van der Waals surface area (Å²) < 4.78 is 0.900. The summed E-state index contributed by atoms with van der Waals surface area (Å²) in [7, 11) is 0. The highest BCUT2D eigenvalue weighted by Crippen LogP contribution is 2.23. The Bertz CT molecular complexity index is 268. The number of ketones is 2. The minimum atomic E-state index is -0.505. The van der Waals surface area contributed by atoms with Gasteiger partial charge in [0.2, 0.25) is 11.6 Å². The molecule has 0 amide bonds. The van der Waals surface area contributed by atoms with E-state index in [2.05, 4.69) is 31.9 Å². The van der Waals surface area contributed by atoms with Crippen molar-refractivity contribution in [1.29, 1.82) is 0 Å². The van der Waals surface area contributed by atoms with Gasteiger partial charge in [-0.1, -0.05) is 0 Å². The van der Waals surface area contributed by atoms with Crippen LogP contribution in [0.4, 0.5) is 0 Å². The third-order valence-electron chi connectivity index (χ3n) is 1.01. The van der Waals surface area contributed by atoms with Crippen molar-refractivity contribution in [3.05, 3.63) is 21.1 Å². The molecule has 0 unspecified atom stereocenters. The minimum absolute atomic E-state index is 0. The van der Waals surface area contributed by atoms with Crippen molar-refractivity contribution in [3.63, 3.8) is 0 Å². The summed E-state index contributed by atoms with van der Waals surface area (Å²) in [5.41, 5.74) is 0. The van der Waals surface area contributed by atoms with Crippen molar-refractivity contribution in [3.8, 4) is 0 Å². The van der Waals surface area contributed by atoms with Gasteiger partial charge < -0.3 is 0 Å². The van der Waals surface area contributed by atoms with Crippen LogP contribution < -0.4 is 0 Å². The van der Waals surface area contributed by atoms with Gasteiger partial charge in [0.1, 0.15) is 0 Å². The van der Waals surface area contributed by atoms with Gasteiger partial charge in [-0.05, 0) is 44.0 Å². The summed E-state index contributed by atoms with van der Waals surface area (Å²) in [4.78, 5) is 21.4. The Balaban J connectivity index is 0.000001000. The van der Waals surface area contributed by atoms with Crippen LogP contribution in [0.2, 0.25) is 0 Å². The fourth-order valence-electron chi connectivity index (χ4n) is 0.514. The van der Waals surface area contributed by atoms with Gasteiger partial charge >= 0.3 is 0 Å². The van der Waals surface area contributed by atoms with Crippen LogP contribution >= 0.6 is 44.3 Å². The molecule has 0 aromatic rings. The smallest absolute Gasteiger partial charge is 0.240 e. The van der Waals surface area contributed by atoms with Gasteiger partial charge in [-0.15, -0.1) is 12.4 Å². The molecule has 0 heterocycles. The Morgan fingerprint density at radius 1 is 1.09 bits per heavy atom. The first-order chi connectivity index (χ1) is 4.63. The molecular formula is C6H3Br2ClO2. The standard InChI is InChI=1S/C6H2Br2O2.ClH/c7-3-1-2-4(9)6(10)5(3)8;/h1-2H;1H. The van der Waals surface area contributed by atoms with Gasteiger partial charge in [-0.25, -0.2) is 0 Å². The fourth-order valence-corrected chi connectivity index (χ4v) is 1.15. The molecule has 1 aliphatic rings. The minimum Gasteiger partial charge on any atom is -0.286 e. The molecule has 0 aromatic heterocycles. The summed E-state index contributed by atoms with van der Waals surface area (Å²) in [6, 6.07) is 0. The van der Waals surface area contributed by atoms with E-state index >= 15 is 0 Å². The summed E-state index contributed by atoms with van der Waals surface area (Å²) in [5.74, 6) is -0.996. The number of hydrogen-bond donors (Lipinski definition) is 0. The third-order valence-corrected chi connectivity index (χ3v) is 2.99. The number of allylic oxidation sites excluding steroid dienone is 4. The van der Waals surface area contributed by atoms with E-state index in [9.17, 15) is 9.59 Å². The predicted octanol–water partition coefficient (Wildman–Crippen LogP) is 2.12. The molecule has 0 radical (unpaired) electrons. The monoisotopic (exact) mass is 300 g/mol. The van der Waals surface area contributed by atoms with Crippen LogP contribution in [-0.4, -0.2) is 11.6 Å². The van der Waals surface area contributed by atoms with E-state index in [0.29, 0.717) is 8.96 Å². The largest absolute Gasteiger partial charge is 0.286 e. The maximum absolute atomic E-state index is 10.8. The van der Waals surface area contributed by atoms with E-state index in [0.717, 1.165) is 0 Å². The van der Waals surface area contributed by atoms with Crippen LogP contribution in [0.3, 0.4) is 0 Å². The first-order valence-electron chi connectivity index (χ1n) is 2.45. The lowest BCUT2D eigenvalue weighted by molar-refractivity contribution is -0.131. The number of carbonyl (C=O) groups excluding carboxylic acids is 2. The molecule has 0 aromatic carbocycles. The lowest BCUT2D eigenvalue weighted by atomic mass is 10.1. The van der Waals surface area contributed by atoms with Gasteiger partial charge in [0.25, 0.3) is 0 Å². The number of Topliss-reactive ketones (excluding diaryl/α,β-unsaturated/α-hetero) is 1. The highest BCUT2D eigenvalue weighted by Gasteiger charge is 2.19. The number of rotatable bonds is 0. The number of hydrogen-bond acceptors (Lipinski definition) is 2. The molecule has 0 saturated heterocycles. The molecule has 0 aliphatic heterocycles. The van der Waals surface area contributed by atoms with Crippen LogP contribution in [0.1, 0.15) is 0 Å². The normalized spacial score (nSPS) is 16.9. The van der Waals surface area contributed by atoms with Gasteiger partial charge in [-0.3, -0.25) is 9.59 Å². The van der Waals surface area contributed by atoms with Crippen LogP contribution in [-0.2, 0) is 9.59 Å². The molecule has 1 rings (SSSR count). The highest BCUT2D eigenvalue weighted by atomic mass is 79.9. The Kier molecular flexibility index (Phi) is 4.21. The Labute approximate surface area is 86.4 Å². The molecule has 0 atom stereocenters. The fraction of sp³-hybridized carbons (Fsp3) is 0. The lowest BCUT2D eigenvalue weighted by Gasteiger charge is -2.01. The molecule has 0 N–H and O–H groups in total. The Morgan fingerprint density at radius 2 is 1.64 bits per heavy atom. The quantitative estimate of drug-likeness (QED) is 0.507. The molecule has 60 valence electrons. The molecule has 2 nitrogen and oxygen atoms in total. The van der Waals surface area contributed by atoms with E-state index in [4.69, 9.17) is 0 Å². The number of carbonyl (C=O) groups is 2. The zero-order valence-electron chi connectivity index (χ0n) is 5.14. The molecule has 0 fully saturated rings. The van der Waals surface area contributed by atoms with Crippen molar-refractivity contribution in [2.45, 2.75) is 0 Å². The first-order valence-corrected chi connectivity index (χ1v) is 4.03.